The molecular weight excluding hydrogens is 375 g/mol. The van der Waals surface area contributed by atoms with Gasteiger partial charge in [0.05, 0.1) is 4.83 Å². The summed E-state index contributed by atoms with van der Waals surface area (Å²) in [5.74, 6) is 1.87. The van der Waals surface area contributed by atoms with E-state index in [2.05, 4.69) is 37.9 Å². The van der Waals surface area contributed by atoms with Gasteiger partial charge in [0.2, 0.25) is 0 Å². The zero-order valence-corrected chi connectivity index (χ0v) is 13.4. The molecule has 0 N–H and O–H groups in total. The van der Waals surface area contributed by atoms with Crippen molar-refractivity contribution < 1.29 is 4.42 Å². The maximum Gasteiger partial charge on any atom is 0.107 e. The van der Waals surface area contributed by atoms with Crippen molar-refractivity contribution in [2.24, 2.45) is 0 Å². The molecule has 86 valence electrons. The van der Waals surface area contributed by atoms with E-state index in [1.54, 1.807) is 11.3 Å². The van der Waals surface area contributed by atoms with Crippen LogP contribution in [0.5, 0.6) is 0 Å². The maximum absolute atomic E-state index is 6.03. The van der Waals surface area contributed by atoms with E-state index in [1.807, 2.05) is 19.9 Å². The number of alkyl halides is 1. The van der Waals surface area contributed by atoms with Gasteiger partial charge in [0.15, 0.2) is 0 Å². The Morgan fingerprint density at radius 3 is 2.50 bits per heavy atom. The summed E-state index contributed by atoms with van der Waals surface area (Å²) in [5, 5.41) is 0. The first-order chi connectivity index (χ1) is 7.49. The van der Waals surface area contributed by atoms with Crippen LogP contribution in [0.2, 0.25) is 4.34 Å². The molecule has 0 aliphatic carbocycles. The van der Waals surface area contributed by atoms with Gasteiger partial charge in [-0.25, -0.2) is 0 Å². The van der Waals surface area contributed by atoms with Gasteiger partial charge in [0.1, 0.15) is 15.9 Å². The van der Waals surface area contributed by atoms with E-state index in [4.69, 9.17) is 16.0 Å². The molecule has 0 saturated heterocycles. The zero-order chi connectivity index (χ0) is 11.9. The van der Waals surface area contributed by atoms with Crippen LogP contribution in [0.1, 0.15) is 26.8 Å². The van der Waals surface area contributed by atoms with Crippen molar-refractivity contribution in [3.63, 3.8) is 0 Å². The monoisotopic (exact) mass is 382 g/mol. The molecule has 2 rings (SSSR count). The van der Waals surface area contributed by atoms with Crippen molar-refractivity contribution >= 4 is 54.8 Å². The fourth-order valence-electron chi connectivity index (χ4n) is 1.54. The van der Waals surface area contributed by atoms with Gasteiger partial charge in [0, 0.05) is 14.9 Å². The number of rotatable bonds is 2. The van der Waals surface area contributed by atoms with Crippen LogP contribution in [0.15, 0.2) is 21.0 Å². The van der Waals surface area contributed by atoms with Crippen LogP contribution < -0.4 is 0 Å². The number of hydrogen-bond acceptors (Lipinski definition) is 2. The summed E-state index contributed by atoms with van der Waals surface area (Å²) >= 11 is 14.7. The van der Waals surface area contributed by atoms with Gasteiger partial charge in [-0.2, -0.15) is 0 Å². The lowest BCUT2D eigenvalue weighted by Crippen LogP contribution is -1.88. The molecule has 0 aromatic carbocycles. The third-order valence-corrected chi connectivity index (χ3v) is 6.10. The van der Waals surface area contributed by atoms with Crippen LogP contribution in [-0.4, -0.2) is 0 Å². The number of furan rings is 1. The maximum atomic E-state index is 6.03. The second kappa shape index (κ2) is 4.84. The Kier molecular flexibility index (Phi) is 3.84. The van der Waals surface area contributed by atoms with Crippen molar-refractivity contribution in [1.29, 1.82) is 0 Å². The Bertz CT molecular complexity index is 499. The lowest BCUT2D eigenvalue weighted by molar-refractivity contribution is 0.502. The molecule has 0 saturated carbocycles. The molecule has 2 aromatic rings. The standard InChI is InChI=1S/C11H9Br2ClOS/c1-5-3-7(6(2)15-5)10(13)9-4-8(12)11(14)16-9/h3-4,10H,1-2H3. The average molecular weight is 385 g/mol. The van der Waals surface area contributed by atoms with Crippen LogP contribution in [0.3, 0.4) is 0 Å². The van der Waals surface area contributed by atoms with E-state index < -0.39 is 0 Å². The molecule has 0 amide bonds. The summed E-state index contributed by atoms with van der Waals surface area (Å²) in [4.78, 5) is 1.31. The predicted octanol–water partition coefficient (Wildman–Crippen LogP) is 5.86. The SMILES string of the molecule is Cc1cc(C(Br)c2cc(Br)c(Cl)s2)c(C)o1. The number of aryl methyl sites for hydroxylation is 2. The van der Waals surface area contributed by atoms with E-state index in [0.717, 1.165) is 25.9 Å². The highest BCUT2D eigenvalue weighted by molar-refractivity contribution is 9.10. The molecule has 5 heteroatoms. The molecule has 0 spiro atoms. The third-order valence-electron chi connectivity index (χ3n) is 2.27. The molecule has 16 heavy (non-hydrogen) atoms. The van der Waals surface area contributed by atoms with Crippen LogP contribution in [0.4, 0.5) is 0 Å². The molecule has 0 bridgehead atoms. The molecule has 0 aliphatic heterocycles. The molecule has 2 heterocycles. The molecule has 0 fully saturated rings. The first kappa shape index (κ1) is 12.7. The first-order valence-corrected chi connectivity index (χ1v) is 7.55. The predicted molar refractivity (Wildman–Crippen MR) is 76.0 cm³/mol. The van der Waals surface area contributed by atoms with E-state index in [0.29, 0.717) is 0 Å². The molecule has 0 radical (unpaired) electrons. The molecular formula is C11H9Br2ClOS. The minimum absolute atomic E-state index is 0.138. The summed E-state index contributed by atoms with van der Waals surface area (Å²) in [6.45, 7) is 3.92. The number of hydrogen-bond donors (Lipinski definition) is 0. The molecule has 1 atom stereocenters. The molecule has 2 aromatic heterocycles. The Morgan fingerprint density at radius 2 is 2.06 bits per heavy atom. The van der Waals surface area contributed by atoms with E-state index in [9.17, 15) is 0 Å². The topological polar surface area (TPSA) is 13.1 Å². The van der Waals surface area contributed by atoms with Gasteiger partial charge in [-0.05, 0) is 41.9 Å². The lowest BCUT2D eigenvalue weighted by Gasteiger charge is -2.05. The second-order valence-electron chi connectivity index (χ2n) is 3.50. The van der Waals surface area contributed by atoms with Crippen molar-refractivity contribution in [2.45, 2.75) is 18.7 Å². The van der Waals surface area contributed by atoms with Gasteiger partial charge < -0.3 is 4.42 Å². The Morgan fingerprint density at radius 1 is 1.38 bits per heavy atom. The molecule has 0 aliphatic rings. The van der Waals surface area contributed by atoms with Crippen molar-refractivity contribution in [1.82, 2.24) is 0 Å². The summed E-state index contributed by atoms with van der Waals surface area (Å²) in [6, 6.07) is 4.09. The van der Waals surface area contributed by atoms with E-state index in [1.165, 1.54) is 4.88 Å². The van der Waals surface area contributed by atoms with Gasteiger partial charge in [-0.1, -0.05) is 27.5 Å². The van der Waals surface area contributed by atoms with Crippen LogP contribution in [0, 0.1) is 13.8 Å². The quantitative estimate of drug-likeness (QED) is 0.591. The zero-order valence-electron chi connectivity index (χ0n) is 8.68. The summed E-state index contributed by atoms with van der Waals surface area (Å²) in [7, 11) is 0. The smallest absolute Gasteiger partial charge is 0.107 e. The number of halogens is 3. The highest BCUT2D eigenvalue weighted by atomic mass is 79.9. The lowest BCUT2D eigenvalue weighted by atomic mass is 10.1. The third kappa shape index (κ3) is 2.40. The summed E-state index contributed by atoms with van der Waals surface area (Å²) in [5.41, 5.74) is 1.16. The van der Waals surface area contributed by atoms with E-state index in [-0.39, 0.29) is 4.83 Å². The fraction of sp³-hybridized carbons (Fsp3) is 0.273. The van der Waals surface area contributed by atoms with Gasteiger partial charge >= 0.3 is 0 Å². The molecule has 1 nitrogen and oxygen atoms in total. The largest absolute Gasteiger partial charge is 0.466 e. The van der Waals surface area contributed by atoms with Crippen LogP contribution >= 0.6 is 54.8 Å². The van der Waals surface area contributed by atoms with Crippen molar-refractivity contribution in [2.75, 3.05) is 0 Å². The van der Waals surface area contributed by atoms with Gasteiger partial charge in [0.25, 0.3) is 0 Å². The summed E-state index contributed by atoms with van der Waals surface area (Å²) in [6.07, 6.45) is 0. The minimum Gasteiger partial charge on any atom is -0.466 e. The van der Waals surface area contributed by atoms with Crippen molar-refractivity contribution in [3.8, 4) is 0 Å². The highest BCUT2D eigenvalue weighted by Crippen LogP contribution is 2.42. The average Bonchev–Trinajstić information content (AvgIpc) is 2.70. The Hall–Kier alpha value is 0.230. The van der Waals surface area contributed by atoms with Crippen LogP contribution in [0.25, 0.3) is 0 Å². The van der Waals surface area contributed by atoms with E-state index >= 15 is 0 Å². The van der Waals surface area contributed by atoms with Gasteiger partial charge in [-0.15, -0.1) is 11.3 Å². The second-order valence-corrected chi connectivity index (χ2v) is 6.96. The Balaban J connectivity index is 2.38. The first-order valence-electron chi connectivity index (χ1n) is 4.64. The molecule has 1 unspecified atom stereocenters. The normalized spacial score (nSPS) is 13.1. The highest BCUT2D eigenvalue weighted by Gasteiger charge is 2.19. The van der Waals surface area contributed by atoms with Gasteiger partial charge in [-0.3, -0.25) is 0 Å². The fourth-order valence-corrected chi connectivity index (χ4v) is 4.14. The number of thiophene rings is 1. The Labute approximate surface area is 120 Å². The summed E-state index contributed by atoms with van der Waals surface area (Å²) < 4.78 is 7.24. The van der Waals surface area contributed by atoms with Crippen LogP contribution in [-0.2, 0) is 0 Å². The minimum atomic E-state index is 0.138. The van der Waals surface area contributed by atoms with Crippen molar-refractivity contribution in [3.05, 3.63) is 42.9 Å².